The number of nitrogens with one attached hydrogen (secondary N) is 2. The lowest BCUT2D eigenvalue weighted by atomic mass is 9.86. The summed E-state index contributed by atoms with van der Waals surface area (Å²) in [4.78, 5) is 4.97. The molecule has 1 aliphatic heterocycles. The smallest absolute Gasteiger partial charge is 0.266 e. The lowest BCUT2D eigenvalue weighted by molar-refractivity contribution is 0.332. The highest BCUT2D eigenvalue weighted by Crippen LogP contribution is 2.31. The number of nitrogens with zero attached hydrogens (tertiary/aromatic N) is 1. The molecule has 22 heavy (non-hydrogen) atoms. The minimum atomic E-state index is -3.55. The molecular formula is C16H23N3O2S. The predicted octanol–water partition coefficient (Wildman–Crippen LogP) is 2.94. The lowest BCUT2D eigenvalue weighted by Gasteiger charge is -2.28. The highest BCUT2D eigenvalue weighted by Gasteiger charge is 2.30. The first-order valence-electron chi connectivity index (χ1n) is 7.86. The number of fused-ring (bicyclic) bond motifs is 1. The number of rotatable bonds is 1. The maximum absolute atomic E-state index is 12.5. The molecule has 0 spiro atoms. The summed E-state index contributed by atoms with van der Waals surface area (Å²) in [5.74, 6) is 0.851. The normalized spacial score (nSPS) is 28.6. The molecule has 2 unspecified atom stereocenters. The molecule has 2 aliphatic rings. The van der Waals surface area contributed by atoms with Gasteiger partial charge in [0.15, 0.2) is 0 Å². The maximum Gasteiger partial charge on any atom is 0.266 e. The highest BCUT2D eigenvalue weighted by molar-refractivity contribution is 7.90. The molecule has 1 aromatic rings. The summed E-state index contributed by atoms with van der Waals surface area (Å²) in [6, 6.07) is 3.93. The van der Waals surface area contributed by atoms with Gasteiger partial charge >= 0.3 is 0 Å². The topological polar surface area (TPSA) is 70.6 Å². The Kier molecular flexibility index (Phi) is 3.89. The second-order valence-corrected chi connectivity index (χ2v) is 8.12. The molecule has 0 saturated heterocycles. The van der Waals surface area contributed by atoms with Gasteiger partial charge in [0.05, 0.1) is 11.7 Å². The van der Waals surface area contributed by atoms with E-state index in [9.17, 15) is 8.42 Å². The number of aliphatic imine (C=N–C) groups is 1. The van der Waals surface area contributed by atoms with Crippen molar-refractivity contribution >= 4 is 21.7 Å². The summed E-state index contributed by atoms with van der Waals surface area (Å²) in [5.41, 5.74) is 2.41. The Bertz CT molecular complexity index is 725. The van der Waals surface area contributed by atoms with Gasteiger partial charge in [0, 0.05) is 0 Å². The van der Waals surface area contributed by atoms with E-state index >= 15 is 0 Å². The Morgan fingerprint density at radius 2 is 1.91 bits per heavy atom. The van der Waals surface area contributed by atoms with Crippen LogP contribution in [0, 0.1) is 19.8 Å². The average molecular weight is 321 g/mol. The van der Waals surface area contributed by atoms with Gasteiger partial charge in [0.25, 0.3) is 10.0 Å². The van der Waals surface area contributed by atoms with Crippen molar-refractivity contribution in [3.05, 3.63) is 23.3 Å². The van der Waals surface area contributed by atoms with Crippen LogP contribution in [0.15, 0.2) is 22.0 Å². The zero-order valence-corrected chi connectivity index (χ0v) is 14.1. The van der Waals surface area contributed by atoms with Crippen LogP contribution in [-0.2, 0) is 10.0 Å². The van der Waals surface area contributed by atoms with Gasteiger partial charge in [0.1, 0.15) is 4.90 Å². The summed E-state index contributed by atoms with van der Waals surface area (Å²) >= 11 is 0. The number of benzene rings is 1. The van der Waals surface area contributed by atoms with E-state index in [0.717, 1.165) is 30.4 Å². The van der Waals surface area contributed by atoms with Gasteiger partial charge in [-0.25, -0.2) is 18.1 Å². The Morgan fingerprint density at radius 3 is 2.64 bits per heavy atom. The molecule has 120 valence electrons. The van der Waals surface area contributed by atoms with Gasteiger partial charge in [0.2, 0.25) is 5.96 Å². The van der Waals surface area contributed by atoms with E-state index < -0.39 is 10.0 Å². The third-order valence-corrected chi connectivity index (χ3v) is 6.07. The van der Waals surface area contributed by atoms with E-state index in [1.165, 1.54) is 6.42 Å². The molecule has 0 bridgehead atoms. The van der Waals surface area contributed by atoms with Gasteiger partial charge in [-0.15, -0.1) is 0 Å². The summed E-state index contributed by atoms with van der Waals surface area (Å²) in [5, 5.41) is 3.16. The Labute approximate surface area is 132 Å². The first kappa shape index (κ1) is 15.3. The maximum atomic E-state index is 12.5. The Hall–Kier alpha value is -1.56. The number of sulfonamides is 1. The van der Waals surface area contributed by atoms with Crippen molar-refractivity contribution in [1.82, 2.24) is 4.72 Å². The molecule has 2 N–H and O–H groups in total. The van der Waals surface area contributed by atoms with Crippen LogP contribution in [-0.4, -0.2) is 20.4 Å². The van der Waals surface area contributed by atoms with Crippen LogP contribution in [0.2, 0.25) is 0 Å². The number of guanidine groups is 1. The van der Waals surface area contributed by atoms with E-state index in [-0.39, 0.29) is 6.04 Å². The van der Waals surface area contributed by atoms with Crippen molar-refractivity contribution in [2.45, 2.75) is 57.4 Å². The minimum Gasteiger partial charge on any atom is -0.324 e. The fourth-order valence-corrected chi connectivity index (χ4v) is 4.79. The second-order valence-electron chi connectivity index (χ2n) is 6.50. The molecule has 1 heterocycles. The predicted molar refractivity (Wildman–Crippen MR) is 88.7 cm³/mol. The van der Waals surface area contributed by atoms with E-state index in [2.05, 4.69) is 22.0 Å². The third-order valence-electron chi connectivity index (χ3n) is 4.53. The quantitative estimate of drug-likeness (QED) is 0.835. The number of anilines is 1. The van der Waals surface area contributed by atoms with Crippen molar-refractivity contribution in [2.75, 3.05) is 5.32 Å². The summed E-state index contributed by atoms with van der Waals surface area (Å²) in [7, 11) is -3.55. The van der Waals surface area contributed by atoms with E-state index in [1.807, 2.05) is 26.0 Å². The Balaban J connectivity index is 1.98. The lowest BCUT2D eigenvalue weighted by Crippen LogP contribution is -2.42. The molecule has 6 heteroatoms. The summed E-state index contributed by atoms with van der Waals surface area (Å²) in [6.45, 7) is 5.97. The molecule has 1 saturated carbocycles. The van der Waals surface area contributed by atoms with Crippen LogP contribution in [0.1, 0.15) is 43.7 Å². The van der Waals surface area contributed by atoms with E-state index in [4.69, 9.17) is 0 Å². The second kappa shape index (κ2) is 5.57. The van der Waals surface area contributed by atoms with Crippen LogP contribution in [0.4, 0.5) is 5.69 Å². The first-order valence-corrected chi connectivity index (χ1v) is 9.34. The van der Waals surface area contributed by atoms with E-state index in [0.29, 0.717) is 22.5 Å². The van der Waals surface area contributed by atoms with Crippen molar-refractivity contribution in [1.29, 1.82) is 0 Å². The zero-order valence-electron chi connectivity index (χ0n) is 13.3. The van der Waals surface area contributed by atoms with Crippen LogP contribution in [0.25, 0.3) is 0 Å². The van der Waals surface area contributed by atoms with Crippen molar-refractivity contribution in [3.8, 4) is 0 Å². The van der Waals surface area contributed by atoms with Gasteiger partial charge in [-0.2, -0.15) is 0 Å². The molecule has 1 fully saturated rings. The van der Waals surface area contributed by atoms with Gasteiger partial charge < -0.3 is 5.32 Å². The highest BCUT2D eigenvalue weighted by atomic mass is 32.2. The van der Waals surface area contributed by atoms with Crippen molar-refractivity contribution in [3.63, 3.8) is 0 Å². The van der Waals surface area contributed by atoms with Crippen molar-refractivity contribution in [2.24, 2.45) is 10.9 Å². The van der Waals surface area contributed by atoms with Crippen LogP contribution in [0.5, 0.6) is 0 Å². The monoisotopic (exact) mass is 321 g/mol. The molecule has 0 aromatic heterocycles. The third kappa shape index (κ3) is 2.84. The van der Waals surface area contributed by atoms with Crippen LogP contribution < -0.4 is 10.0 Å². The Morgan fingerprint density at radius 1 is 1.18 bits per heavy atom. The molecule has 1 aromatic carbocycles. The molecule has 1 aliphatic carbocycles. The number of hydrogen-bond acceptors (Lipinski definition) is 3. The van der Waals surface area contributed by atoms with Gasteiger partial charge in [-0.3, -0.25) is 0 Å². The number of hydrogen-bond donors (Lipinski definition) is 2. The van der Waals surface area contributed by atoms with Crippen LogP contribution in [0.3, 0.4) is 0 Å². The van der Waals surface area contributed by atoms with Crippen LogP contribution >= 0.6 is 0 Å². The molecule has 0 amide bonds. The van der Waals surface area contributed by atoms with Gasteiger partial charge in [-0.05, 0) is 49.8 Å². The molecule has 2 atom stereocenters. The largest absolute Gasteiger partial charge is 0.324 e. The molecule has 3 rings (SSSR count). The molecule has 0 radical (unpaired) electrons. The summed E-state index contributed by atoms with van der Waals surface area (Å²) in [6.07, 6.45) is 4.58. The first-order chi connectivity index (χ1) is 10.4. The fourth-order valence-electron chi connectivity index (χ4n) is 3.45. The number of aryl methyl sites for hydroxylation is 2. The summed E-state index contributed by atoms with van der Waals surface area (Å²) < 4.78 is 27.6. The minimum absolute atomic E-state index is 0.186. The van der Waals surface area contributed by atoms with Gasteiger partial charge in [-0.1, -0.05) is 25.8 Å². The fraction of sp³-hybridized carbons (Fsp3) is 0.562. The SMILES string of the molecule is Cc1cc(C)c2c(c1)NC(=NC1CCCCC1C)NS2(=O)=O. The average Bonchev–Trinajstić information content (AvgIpc) is 2.39. The molecular weight excluding hydrogens is 298 g/mol. The zero-order chi connectivity index (χ0) is 15.9. The standard InChI is InChI=1S/C16H23N3O2S/c1-10-8-12(3)15-14(9-10)18-16(19-22(15,20)21)17-13-7-5-4-6-11(13)2/h8-9,11,13H,4-7H2,1-3H3,(H2,17,18,19). The van der Waals surface area contributed by atoms with Crippen molar-refractivity contribution < 1.29 is 8.42 Å². The molecule has 5 nitrogen and oxygen atoms in total. The van der Waals surface area contributed by atoms with E-state index in [1.54, 1.807) is 0 Å².